The van der Waals surface area contributed by atoms with Gasteiger partial charge in [-0.1, -0.05) is 18.2 Å². The van der Waals surface area contributed by atoms with Crippen molar-refractivity contribution in [2.24, 2.45) is 0 Å². The van der Waals surface area contributed by atoms with E-state index in [0.717, 1.165) is 10.0 Å². The minimum Gasteiger partial charge on any atom is -0.336 e. The Morgan fingerprint density at radius 2 is 2.00 bits per heavy atom. The molecule has 120 valence electrons. The third-order valence-corrected chi connectivity index (χ3v) is 4.00. The number of nitrogens with zero attached hydrogens (tertiary/aromatic N) is 2. The molecule has 0 aliphatic carbocycles. The second kappa shape index (κ2) is 8.43. The number of nitrogens with one attached hydrogen (secondary N) is 1. The monoisotopic (exact) mass is 375 g/mol. The Bertz CT molecular complexity index is 677. The van der Waals surface area contributed by atoms with Gasteiger partial charge in [-0.25, -0.2) is 0 Å². The van der Waals surface area contributed by atoms with Crippen LogP contribution >= 0.6 is 15.9 Å². The van der Waals surface area contributed by atoms with E-state index in [4.69, 9.17) is 0 Å². The van der Waals surface area contributed by atoms with Gasteiger partial charge in [0, 0.05) is 30.3 Å². The van der Waals surface area contributed by atoms with Gasteiger partial charge in [0.15, 0.2) is 0 Å². The van der Waals surface area contributed by atoms with Gasteiger partial charge in [-0.15, -0.1) is 0 Å². The van der Waals surface area contributed by atoms with Crippen molar-refractivity contribution < 1.29 is 9.59 Å². The largest absolute Gasteiger partial charge is 0.336 e. The number of hydrogen-bond acceptors (Lipinski definition) is 3. The van der Waals surface area contributed by atoms with E-state index in [1.165, 1.54) is 4.90 Å². The number of aryl methyl sites for hydroxylation is 1. The van der Waals surface area contributed by atoms with Crippen LogP contribution in [-0.4, -0.2) is 35.3 Å². The third-order valence-electron chi connectivity index (χ3n) is 3.30. The van der Waals surface area contributed by atoms with Gasteiger partial charge in [0.25, 0.3) is 0 Å². The van der Waals surface area contributed by atoms with Crippen molar-refractivity contribution in [1.82, 2.24) is 9.88 Å². The molecule has 0 aliphatic heterocycles. The maximum atomic E-state index is 12.1. The van der Waals surface area contributed by atoms with Crippen LogP contribution in [0.3, 0.4) is 0 Å². The van der Waals surface area contributed by atoms with Gasteiger partial charge in [0.1, 0.15) is 0 Å². The Balaban J connectivity index is 1.81. The van der Waals surface area contributed by atoms with Crippen molar-refractivity contribution in [1.29, 1.82) is 0 Å². The zero-order valence-electron chi connectivity index (χ0n) is 12.8. The Morgan fingerprint density at radius 1 is 1.22 bits per heavy atom. The van der Waals surface area contributed by atoms with E-state index in [1.807, 2.05) is 30.3 Å². The number of halogens is 1. The van der Waals surface area contributed by atoms with Crippen molar-refractivity contribution in [2.45, 2.75) is 12.8 Å². The fourth-order valence-electron chi connectivity index (χ4n) is 2.04. The van der Waals surface area contributed by atoms with Crippen LogP contribution in [0.1, 0.15) is 12.0 Å². The number of aromatic nitrogens is 1. The molecule has 1 aromatic carbocycles. The molecule has 0 radical (unpaired) electrons. The second-order valence-corrected chi connectivity index (χ2v) is 5.99. The lowest BCUT2D eigenvalue weighted by atomic mass is 10.1. The molecule has 2 rings (SSSR count). The molecule has 0 fully saturated rings. The second-order valence-electron chi connectivity index (χ2n) is 5.14. The van der Waals surface area contributed by atoms with Crippen LogP contribution in [0.15, 0.2) is 53.3 Å². The predicted octanol–water partition coefficient (Wildman–Crippen LogP) is 2.87. The molecule has 2 aromatic rings. The number of carbonyl (C=O) groups excluding carboxylic acids is 2. The number of hydrogen-bond donors (Lipinski definition) is 1. The van der Waals surface area contributed by atoms with Crippen LogP contribution in [0.5, 0.6) is 0 Å². The van der Waals surface area contributed by atoms with Crippen molar-refractivity contribution >= 4 is 33.4 Å². The van der Waals surface area contributed by atoms with E-state index in [2.05, 4.69) is 26.2 Å². The molecule has 0 bridgehead atoms. The first kappa shape index (κ1) is 17.1. The van der Waals surface area contributed by atoms with E-state index in [9.17, 15) is 9.59 Å². The molecular formula is C17H18BrN3O2. The normalized spacial score (nSPS) is 10.2. The molecule has 0 atom stereocenters. The highest BCUT2D eigenvalue weighted by Crippen LogP contribution is 2.20. The van der Waals surface area contributed by atoms with Gasteiger partial charge >= 0.3 is 0 Å². The number of amides is 2. The lowest BCUT2D eigenvalue weighted by Crippen LogP contribution is -2.35. The van der Waals surface area contributed by atoms with Gasteiger partial charge in [-0.05, 0) is 46.1 Å². The standard InChI is InChI=1S/C17H18BrN3O2/c1-21(17(23)9-8-13-5-4-10-19-11-13)12-16(22)20-15-7-3-2-6-14(15)18/h2-7,10-11H,8-9,12H2,1H3,(H,20,22). The summed E-state index contributed by atoms with van der Waals surface area (Å²) in [4.78, 5) is 29.6. The highest BCUT2D eigenvalue weighted by atomic mass is 79.9. The molecule has 5 nitrogen and oxygen atoms in total. The number of carbonyl (C=O) groups is 2. The molecule has 1 N–H and O–H groups in total. The fourth-order valence-corrected chi connectivity index (χ4v) is 2.43. The van der Waals surface area contributed by atoms with Crippen LogP contribution in [0.25, 0.3) is 0 Å². The van der Waals surface area contributed by atoms with E-state index < -0.39 is 0 Å². The van der Waals surface area contributed by atoms with E-state index in [0.29, 0.717) is 18.5 Å². The van der Waals surface area contributed by atoms with Gasteiger partial charge in [-0.3, -0.25) is 14.6 Å². The molecule has 0 spiro atoms. The molecule has 1 heterocycles. The minimum absolute atomic E-state index is 0.0210. The molecule has 0 saturated heterocycles. The minimum atomic E-state index is -0.228. The average Bonchev–Trinajstić information content (AvgIpc) is 2.55. The number of anilines is 1. The summed E-state index contributed by atoms with van der Waals surface area (Å²) in [5, 5.41) is 2.78. The molecule has 0 saturated carbocycles. The Kier molecular flexibility index (Phi) is 6.29. The average molecular weight is 376 g/mol. The first-order valence-electron chi connectivity index (χ1n) is 7.23. The number of benzene rings is 1. The van der Waals surface area contributed by atoms with E-state index >= 15 is 0 Å². The maximum absolute atomic E-state index is 12.1. The number of pyridine rings is 1. The smallest absolute Gasteiger partial charge is 0.244 e. The van der Waals surface area contributed by atoms with Crippen LogP contribution < -0.4 is 5.32 Å². The topological polar surface area (TPSA) is 62.3 Å². The van der Waals surface area contributed by atoms with Crippen LogP contribution in [0, 0.1) is 0 Å². The van der Waals surface area contributed by atoms with Gasteiger partial charge in [0.2, 0.25) is 11.8 Å². The highest BCUT2D eigenvalue weighted by molar-refractivity contribution is 9.10. The zero-order chi connectivity index (χ0) is 16.7. The van der Waals surface area contributed by atoms with E-state index in [-0.39, 0.29) is 18.4 Å². The zero-order valence-corrected chi connectivity index (χ0v) is 14.4. The quantitative estimate of drug-likeness (QED) is 0.844. The summed E-state index contributed by atoms with van der Waals surface area (Å²) >= 11 is 3.37. The summed E-state index contributed by atoms with van der Waals surface area (Å²) in [5.74, 6) is -0.301. The summed E-state index contributed by atoms with van der Waals surface area (Å²) < 4.78 is 0.805. The first-order chi connectivity index (χ1) is 11.1. The van der Waals surface area contributed by atoms with E-state index in [1.54, 1.807) is 25.5 Å². The number of para-hydroxylation sites is 1. The van der Waals surface area contributed by atoms with Crippen molar-refractivity contribution in [2.75, 3.05) is 18.9 Å². The van der Waals surface area contributed by atoms with Crippen LogP contribution in [-0.2, 0) is 16.0 Å². The molecule has 1 aromatic heterocycles. The lowest BCUT2D eigenvalue weighted by Gasteiger charge is -2.17. The summed E-state index contributed by atoms with van der Waals surface area (Å²) in [6, 6.07) is 11.1. The van der Waals surface area contributed by atoms with Crippen molar-refractivity contribution in [3.05, 3.63) is 58.8 Å². The summed E-state index contributed by atoms with van der Waals surface area (Å²) in [6.45, 7) is 0.0210. The van der Waals surface area contributed by atoms with Gasteiger partial charge in [0.05, 0.1) is 12.2 Å². The third kappa shape index (κ3) is 5.49. The maximum Gasteiger partial charge on any atom is 0.244 e. The van der Waals surface area contributed by atoms with Crippen LogP contribution in [0.2, 0.25) is 0 Å². The molecular weight excluding hydrogens is 358 g/mol. The SMILES string of the molecule is CN(CC(=O)Nc1ccccc1Br)C(=O)CCc1cccnc1. The molecule has 2 amide bonds. The molecule has 23 heavy (non-hydrogen) atoms. The fraction of sp³-hybridized carbons (Fsp3) is 0.235. The summed E-state index contributed by atoms with van der Waals surface area (Å²) in [5.41, 5.74) is 1.70. The Morgan fingerprint density at radius 3 is 2.70 bits per heavy atom. The first-order valence-corrected chi connectivity index (χ1v) is 8.03. The molecule has 0 unspecified atom stereocenters. The van der Waals surface area contributed by atoms with Gasteiger partial charge in [-0.2, -0.15) is 0 Å². The number of likely N-dealkylation sites (N-methyl/N-ethyl adjacent to an activating group) is 1. The number of rotatable bonds is 6. The Hall–Kier alpha value is -2.21. The Labute approximate surface area is 143 Å². The van der Waals surface area contributed by atoms with Crippen LogP contribution in [0.4, 0.5) is 5.69 Å². The molecule has 6 heteroatoms. The summed E-state index contributed by atoms with van der Waals surface area (Å²) in [7, 11) is 1.63. The highest BCUT2D eigenvalue weighted by Gasteiger charge is 2.13. The lowest BCUT2D eigenvalue weighted by molar-refractivity contribution is -0.133. The summed E-state index contributed by atoms with van der Waals surface area (Å²) in [6.07, 6.45) is 4.41. The van der Waals surface area contributed by atoms with Crippen molar-refractivity contribution in [3.63, 3.8) is 0 Å². The van der Waals surface area contributed by atoms with Gasteiger partial charge < -0.3 is 10.2 Å². The van der Waals surface area contributed by atoms with Crippen molar-refractivity contribution in [3.8, 4) is 0 Å². The predicted molar refractivity (Wildman–Crippen MR) is 93.0 cm³/mol. The molecule has 0 aliphatic rings.